The molecule has 0 aliphatic heterocycles. The molecule has 0 fully saturated rings. The van der Waals surface area contributed by atoms with Crippen LogP contribution in [0.15, 0.2) is 84.9 Å². The van der Waals surface area contributed by atoms with Crippen LogP contribution < -0.4 is 16.0 Å². The zero-order valence-corrected chi connectivity index (χ0v) is 16.6. The smallest absolute Gasteiger partial charge is 0.247 e. The number of fused-ring (bicyclic) bond motifs is 1. The average Bonchev–Trinajstić information content (AvgIpc) is 2.73. The molecule has 0 N–H and O–H groups in total. The molecular formula is C23H14F6NP. The summed E-state index contributed by atoms with van der Waals surface area (Å²) in [6.45, 7) is 0. The van der Waals surface area contributed by atoms with E-state index in [1.54, 1.807) is 30.3 Å². The van der Waals surface area contributed by atoms with Crippen molar-refractivity contribution < 1.29 is 26.3 Å². The fraction of sp³-hybridized carbons (Fsp3) is 0.0870. The van der Waals surface area contributed by atoms with Gasteiger partial charge in [0.25, 0.3) is 0 Å². The van der Waals surface area contributed by atoms with Gasteiger partial charge in [-0.15, -0.1) is 0 Å². The zero-order chi connectivity index (χ0) is 22.2. The van der Waals surface area contributed by atoms with Crippen molar-refractivity contribution in [3.63, 3.8) is 0 Å². The molecule has 4 aromatic rings. The van der Waals surface area contributed by atoms with Gasteiger partial charge in [0.1, 0.15) is 0 Å². The van der Waals surface area contributed by atoms with E-state index >= 15 is 0 Å². The molecule has 4 rings (SSSR count). The van der Waals surface area contributed by atoms with Gasteiger partial charge in [-0.1, -0.05) is 60.7 Å². The van der Waals surface area contributed by atoms with Crippen molar-refractivity contribution in [3.8, 4) is 0 Å². The van der Waals surface area contributed by atoms with Crippen molar-refractivity contribution in [3.05, 3.63) is 96.1 Å². The summed E-state index contributed by atoms with van der Waals surface area (Å²) in [6, 6.07) is 19.6. The van der Waals surface area contributed by atoms with E-state index in [0.29, 0.717) is 5.52 Å². The van der Waals surface area contributed by atoms with Gasteiger partial charge in [-0.2, -0.15) is 26.3 Å². The molecule has 1 heterocycles. The normalized spacial score (nSPS) is 12.5. The Hall–Kier alpha value is -2.92. The molecule has 1 nitrogen and oxygen atoms in total. The van der Waals surface area contributed by atoms with Crippen LogP contribution in [0.25, 0.3) is 10.9 Å². The fourth-order valence-corrected chi connectivity index (χ4v) is 5.91. The SMILES string of the molecule is FC(F)(F)c1ccccc1P(c1ccc2ccccc2n1)c1ccccc1C(F)(F)F. The van der Waals surface area contributed by atoms with Crippen LogP contribution in [-0.4, -0.2) is 4.98 Å². The van der Waals surface area contributed by atoms with Crippen LogP contribution >= 0.6 is 7.92 Å². The van der Waals surface area contributed by atoms with Crippen molar-refractivity contribution in [1.29, 1.82) is 0 Å². The molecule has 3 aromatic carbocycles. The molecule has 158 valence electrons. The molecule has 0 bridgehead atoms. The highest BCUT2D eigenvalue weighted by atomic mass is 31.1. The summed E-state index contributed by atoms with van der Waals surface area (Å²) in [5.41, 5.74) is -1.26. The number of halogens is 6. The maximum Gasteiger partial charge on any atom is 0.417 e. The Morgan fingerprint density at radius 1 is 0.548 bits per heavy atom. The lowest BCUT2D eigenvalue weighted by molar-refractivity contribution is -0.137. The van der Waals surface area contributed by atoms with E-state index in [1.165, 1.54) is 42.5 Å². The minimum absolute atomic E-state index is 0.169. The Morgan fingerprint density at radius 2 is 1.03 bits per heavy atom. The number of para-hydroxylation sites is 1. The molecule has 0 saturated carbocycles. The molecule has 0 atom stereocenters. The summed E-state index contributed by atoms with van der Waals surface area (Å²) in [4.78, 5) is 4.47. The molecule has 0 spiro atoms. The highest BCUT2D eigenvalue weighted by Crippen LogP contribution is 2.42. The number of alkyl halides is 6. The van der Waals surface area contributed by atoms with Crippen LogP contribution in [0, 0.1) is 0 Å². The van der Waals surface area contributed by atoms with Crippen LogP contribution in [0.2, 0.25) is 0 Å². The van der Waals surface area contributed by atoms with E-state index in [2.05, 4.69) is 4.98 Å². The molecular weight excluding hydrogens is 435 g/mol. The van der Waals surface area contributed by atoms with Crippen molar-refractivity contribution in [2.45, 2.75) is 12.4 Å². The monoisotopic (exact) mass is 449 g/mol. The molecule has 0 saturated heterocycles. The Balaban J connectivity index is 2.04. The predicted octanol–water partition coefficient (Wildman–Crippen LogP) is 6.03. The topological polar surface area (TPSA) is 12.9 Å². The van der Waals surface area contributed by atoms with Crippen molar-refractivity contribution in [1.82, 2.24) is 4.98 Å². The largest absolute Gasteiger partial charge is 0.417 e. The molecule has 0 aliphatic rings. The van der Waals surface area contributed by atoms with Gasteiger partial charge in [-0.05, 0) is 34.9 Å². The summed E-state index contributed by atoms with van der Waals surface area (Å²) in [6.07, 6.45) is -9.44. The standard InChI is InChI=1S/C23H14F6NP/c24-22(25,26)16-8-2-5-11-19(16)31(20-12-6-3-9-17(20)23(27,28)29)21-14-13-15-7-1-4-10-18(15)30-21/h1-14H. The van der Waals surface area contributed by atoms with Crippen molar-refractivity contribution in [2.24, 2.45) is 0 Å². The second kappa shape index (κ2) is 7.97. The Kier molecular flexibility index (Phi) is 5.48. The number of hydrogen-bond acceptors (Lipinski definition) is 1. The Morgan fingerprint density at radius 3 is 1.58 bits per heavy atom. The number of aromatic nitrogens is 1. The van der Waals surface area contributed by atoms with E-state index < -0.39 is 31.4 Å². The summed E-state index contributed by atoms with van der Waals surface area (Å²) in [5, 5.41) is 0.309. The molecule has 0 radical (unpaired) electrons. The average molecular weight is 449 g/mol. The van der Waals surface area contributed by atoms with E-state index in [1.807, 2.05) is 0 Å². The molecule has 8 heteroatoms. The van der Waals surface area contributed by atoms with Gasteiger partial charge in [0, 0.05) is 13.3 Å². The van der Waals surface area contributed by atoms with Gasteiger partial charge in [-0.25, -0.2) is 4.98 Å². The van der Waals surface area contributed by atoms with Crippen LogP contribution in [0.3, 0.4) is 0 Å². The molecule has 0 aliphatic carbocycles. The van der Waals surface area contributed by atoms with E-state index in [9.17, 15) is 26.3 Å². The fourth-order valence-electron chi connectivity index (χ4n) is 3.37. The molecule has 0 unspecified atom stereocenters. The zero-order valence-electron chi connectivity index (χ0n) is 15.7. The minimum Gasteiger partial charge on any atom is -0.247 e. The second-order valence-electron chi connectivity index (χ2n) is 6.73. The Labute approximate surface area is 175 Å². The van der Waals surface area contributed by atoms with Crippen LogP contribution in [0.4, 0.5) is 26.3 Å². The van der Waals surface area contributed by atoms with Gasteiger partial charge in [-0.3, -0.25) is 0 Å². The number of rotatable bonds is 3. The van der Waals surface area contributed by atoms with Gasteiger partial charge in [0.2, 0.25) is 0 Å². The summed E-state index contributed by atoms with van der Waals surface area (Å²) in [7, 11) is -2.24. The van der Waals surface area contributed by atoms with Gasteiger partial charge in [0.15, 0.2) is 0 Å². The lowest BCUT2D eigenvalue weighted by Gasteiger charge is -2.25. The van der Waals surface area contributed by atoms with Crippen LogP contribution in [0.5, 0.6) is 0 Å². The quantitative estimate of drug-likeness (QED) is 0.275. The van der Waals surface area contributed by atoms with E-state index in [-0.39, 0.29) is 16.0 Å². The third-order valence-electron chi connectivity index (χ3n) is 4.71. The van der Waals surface area contributed by atoms with E-state index in [4.69, 9.17) is 0 Å². The van der Waals surface area contributed by atoms with Gasteiger partial charge >= 0.3 is 12.4 Å². The van der Waals surface area contributed by atoms with Crippen molar-refractivity contribution in [2.75, 3.05) is 0 Å². The first-order valence-corrected chi connectivity index (χ1v) is 10.5. The number of hydrogen-bond donors (Lipinski definition) is 0. The summed E-state index contributed by atoms with van der Waals surface area (Å²) in [5.74, 6) is 0. The third-order valence-corrected chi connectivity index (χ3v) is 7.16. The predicted molar refractivity (Wildman–Crippen MR) is 110 cm³/mol. The maximum absolute atomic E-state index is 13.8. The molecule has 1 aromatic heterocycles. The third kappa shape index (κ3) is 4.28. The van der Waals surface area contributed by atoms with Crippen LogP contribution in [-0.2, 0) is 12.4 Å². The number of pyridine rings is 1. The summed E-state index contributed by atoms with van der Waals surface area (Å²) < 4.78 is 82.8. The highest BCUT2D eigenvalue weighted by Gasteiger charge is 2.40. The van der Waals surface area contributed by atoms with E-state index in [0.717, 1.165) is 17.5 Å². The molecule has 0 amide bonds. The number of nitrogens with zero attached hydrogens (tertiary/aromatic N) is 1. The first-order chi connectivity index (χ1) is 14.7. The first kappa shape index (κ1) is 21.3. The molecule has 31 heavy (non-hydrogen) atoms. The Bertz CT molecular complexity index is 1170. The minimum atomic E-state index is -4.72. The summed E-state index contributed by atoms with van der Waals surface area (Å²) >= 11 is 0. The first-order valence-electron chi connectivity index (χ1n) is 9.14. The second-order valence-corrected chi connectivity index (χ2v) is 8.82. The van der Waals surface area contributed by atoms with Crippen molar-refractivity contribution >= 4 is 34.9 Å². The highest BCUT2D eigenvalue weighted by molar-refractivity contribution is 7.79. The van der Waals surface area contributed by atoms with Gasteiger partial charge < -0.3 is 0 Å². The lowest BCUT2D eigenvalue weighted by atomic mass is 10.2. The number of benzene rings is 3. The lowest BCUT2D eigenvalue weighted by Crippen LogP contribution is -2.31. The van der Waals surface area contributed by atoms with Crippen LogP contribution in [0.1, 0.15) is 11.1 Å². The van der Waals surface area contributed by atoms with Gasteiger partial charge in [0.05, 0.1) is 22.1 Å². The maximum atomic E-state index is 13.8.